The van der Waals surface area contributed by atoms with E-state index in [-0.39, 0.29) is 24.2 Å². The number of piperidine rings is 1. The van der Waals surface area contributed by atoms with Crippen molar-refractivity contribution in [2.24, 2.45) is 0 Å². The SMILES string of the molecule is CNc1[nH]ccc1C(=N)N1CCCC(NC(=O)CNc2ccc(F)cc2F)C1. The second-order valence-corrected chi connectivity index (χ2v) is 6.70. The van der Waals surface area contributed by atoms with Crippen molar-refractivity contribution >= 4 is 23.2 Å². The van der Waals surface area contributed by atoms with Crippen LogP contribution in [-0.4, -0.2) is 54.4 Å². The highest BCUT2D eigenvalue weighted by Crippen LogP contribution is 2.19. The molecule has 150 valence electrons. The number of aromatic nitrogens is 1. The number of likely N-dealkylation sites (tertiary alicyclic amines) is 1. The first-order valence-corrected chi connectivity index (χ1v) is 9.15. The Bertz CT molecular complexity index is 853. The molecule has 5 N–H and O–H groups in total. The fourth-order valence-electron chi connectivity index (χ4n) is 3.33. The quantitative estimate of drug-likeness (QED) is 0.386. The van der Waals surface area contributed by atoms with Gasteiger partial charge in [-0.15, -0.1) is 0 Å². The van der Waals surface area contributed by atoms with Gasteiger partial charge < -0.3 is 25.8 Å². The Labute approximate surface area is 162 Å². The van der Waals surface area contributed by atoms with Crippen LogP contribution >= 0.6 is 0 Å². The van der Waals surface area contributed by atoms with Gasteiger partial charge in [0, 0.05) is 38.4 Å². The first kappa shape index (κ1) is 19.7. The lowest BCUT2D eigenvalue weighted by Gasteiger charge is -2.34. The van der Waals surface area contributed by atoms with E-state index in [9.17, 15) is 13.6 Å². The van der Waals surface area contributed by atoms with Crippen LogP contribution in [0.5, 0.6) is 0 Å². The van der Waals surface area contributed by atoms with Gasteiger partial charge in [-0.25, -0.2) is 8.78 Å². The minimum Gasteiger partial charge on any atom is -0.374 e. The summed E-state index contributed by atoms with van der Waals surface area (Å²) in [5.74, 6) is -0.504. The number of anilines is 2. The molecule has 2 heterocycles. The number of hydrogen-bond donors (Lipinski definition) is 5. The van der Waals surface area contributed by atoms with Gasteiger partial charge in [0.15, 0.2) is 0 Å². The van der Waals surface area contributed by atoms with E-state index in [1.807, 2.05) is 11.0 Å². The fraction of sp³-hybridized carbons (Fsp3) is 0.368. The Morgan fingerprint density at radius 2 is 2.18 bits per heavy atom. The average molecular weight is 390 g/mol. The predicted octanol–water partition coefficient (Wildman–Crippen LogP) is 2.35. The standard InChI is InChI=1S/C19H24F2N6O/c1-23-19-14(6-7-24-19)18(22)27-8-2-3-13(11-27)26-17(28)10-25-16-5-4-12(20)9-15(16)21/h4-7,9,13,22-25H,2-3,8,10-11H2,1H3,(H,26,28). The number of nitrogens with one attached hydrogen (secondary N) is 5. The minimum atomic E-state index is -0.739. The van der Waals surface area contributed by atoms with Crippen LogP contribution in [0.3, 0.4) is 0 Å². The van der Waals surface area contributed by atoms with E-state index < -0.39 is 11.6 Å². The maximum Gasteiger partial charge on any atom is 0.239 e. The molecule has 1 fully saturated rings. The Balaban J connectivity index is 1.53. The van der Waals surface area contributed by atoms with Crippen LogP contribution in [0.2, 0.25) is 0 Å². The van der Waals surface area contributed by atoms with Crippen LogP contribution in [-0.2, 0) is 4.79 Å². The number of hydrogen-bond acceptors (Lipinski definition) is 4. The Morgan fingerprint density at radius 3 is 2.93 bits per heavy atom. The van der Waals surface area contributed by atoms with Crippen molar-refractivity contribution < 1.29 is 13.6 Å². The predicted molar refractivity (Wildman–Crippen MR) is 105 cm³/mol. The maximum atomic E-state index is 13.6. The molecule has 7 nitrogen and oxygen atoms in total. The van der Waals surface area contributed by atoms with Crippen molar-refractivity contribution in [1.29, 1.82) is 5.41 Å². The third kappa shape index (κ3) is 4.59. The topological polar surface area (TPSA) is 96.0 Å². The second kappa shape index (κ2) is 8.73. The molecule has 2 aromatic rings. The van der Waals surface area contributed by atoms with Gasteiger partial charge in [0.1, 0.15) is 23.3 Å². The number of amidine groups is 1. The molecule has 1 atom stereocenters. The van der Waals surface area contributed by atoms with Crippen LogP contribution in [0.1, 0.15) is 18.4 Å². The number of benzene rings is 1. The summed E-state index contributed by atoms with van der Waals surface area (Å²) >= 11 is 0. The fourth-order valence-corrected chi connectivity index (χ4v) is 3.33. The van der Waals surface area contributed by atoms with E-state index in [4.69, 9.17) is 5.41 Å². The zero-order chi connectivity index (χ0) is 20.1. The summed E-state index contributed by atoms with van der Waals surface area (Å²) in [5, 5.41) is 17.1. The van der Waals surface area contributed by atoms with Gasteiger partial charge in [0.2, 0.25) is 5.91 Å². The third-order valence-corrected chi connectivity index (χ3v) is 4.73. The minimum absolute atomic E-state index is 0.0793. The van der Waals surface area contributed by atoms with E-state index in [1.54, 1.807) is 13.2 Å². The molecule has 0 bridgehead atoms. The molecule has 1 aromatic heterocycles. The molecular formula is C19H24F2N6O. The molecule has 1 aliphatic heterocycles. The second-order valence-electron chi connectivity index (χ2n) is 6.70. The van der Waals surface area contributed by atoms with Crippen molar-refractivity contribution in [3.8, 4) is 0 Å². The van der Waals surface area contributed by atoms with Crippen LogP contribution in [0.25, 0.3) is 0 Å². The Morgan fingerprint density at radius 1 is 1.36 bits per heavy atom. The van der Waals surface area contributed by atoms with Gasteiger partial charge in [-0.05, 0) is 31.0 Å². The summed E-state index contributed by atoms with van der Waals surface area (Å²) in [6.07, 6.45) is 3.44. The van der Waals surface area contributed by atoms with Crippen molar-refractivity contribution in [2.75, 3.05) is 37.3 Å². The van der Waals surface area contributed by atoms with E-state index >= 15 is 0 Å². The maximum absolute atomic E-state index is 13.6. The van der Waals surface area contributed by atoms with Crippen LogP contribution in [0.4, 0.5) is 20.3 Å². The highest BCUT2D eigenvalue weighted by atomic mass is 19.1. The summed E-state index contributed by atoms with van der Waals surface area (Å²) in [6, 6.07) is 4.91. The van der Waals surface area contributed by atoms with Gasteiger partial charge in [-0.3, -0.25) is 10.2 Å². The van der Waals surface area contributed by atoms with Crippen molar-refractivity contribution in [2.45, 2.75) is 18.9 Å². The number of aromatic amines is 1. The van der Waals surface area contributed by atoms with Crippen LogP contribution in [0, 0.1) is 17.0 Å². The highest BCUT2D eigenvalue weighted by Gasteiger charge is 2.25. The highest BCUT2D eigenvalue weighted by molar-refractivity contribution is 6.01. The molecule has 0 radical (unpaired) electrons. The van der Waals surface area contributed by atoms with Crippen molar-refractivity contribution in [3.63, 3.8) is 0 Å². The number of carbonyl (C=O) groups is 1. The molecule has 1 saturated heterocycles. The molecule has 1 unspecified atom stereocenters. The van der Waals surface area contributed by atoms with E-state index in [0.717, 1.165) is 42.9 Å². The number of halogens is 2. The molecule has 1 amide bonds. The lowest BCUT2D eigenvalue weighted by Crippen LogP contribution is -2.50. The van der Waals surface area contributed by atoms with Crippen molar-refractivity contribution in [3.05, 3.63) is 47.7 Å². The third-order valence-electron chi connectivity index (χ3n) is 4.73. The number of amides is 1. The number of H-pyrrole nitrogens is 1. The molecule has 0 spiro atoms. The lowest BCUT2D eigenvalue weighted by molar-refractivity contribution is -0.120. The van der Waals surface area contributed by atoms with Crippen LogP contribution < -0.4 is 16.0 Å². The van der Waals surface area contributed by atoms with Gasteiger partial charge in [0.05, 0.1) is 17.8 Å². The first-order valence-electron chi connectivity index (χ1n) is 9.15. The largest absolute Gasteiger partial charge is 0.374 e. The molecule has 1 aliphatic rings. The molecular weight excluding hydrogens is 366 g/mol. The van der Waals surface area contributed by atoms with Gasteiger partial charge >= 0.3 is 0 Å². The molecule has 28 heavy (non-hydrogen) atoms. The molecule has 9 heteroatoms. The average Bonchev–Trinajstić information content (AvgIpc) is 3.15. The zero-order valence-corrected chi connectivity index (χ0v) is 15.6. The number of rotatable bonds is 6. The Kier molecular flexibility index (Phi) is 6.13. The van der Waals surface area contributed by atoms with Gasteiger partial charge in [-0.1, -0.05) is 0 Å². The zero-order valence-electron chi connectivity index (χ0n) is 15.6. The normalized spacial score (nSPS) is 16.5. The van der Waals surface area contributed by atoms with E-state index in [0.29, 0.717) is 12.4 Å². The summed E-state index contributed by atoms with van der Waals surface area (Å²) < 4.78 is 26.6. The molecule has 1 aromatic carbocycles. The van der Waals surface area contributed by atoms with Gasteiger partial charge in [0.25, 0.3) is 0 Å². The number of nitrogens with zero attached hydrogens (tertiary/aromatic N) is 1. The number of carbonyl (C=O) groups excluding carboxylic acids is 1. The molecule has 0 aliphatic carbocycles. The summed E-state index contributed by atoms with van der Waals surface area (Å²) in [7, 11) is 1.79. The first-order chi connectivity index (χ1) is 13.5. The molecule has 3 rings (SSSR count). The summed E-state index contributed by atoms with van der Waals surface area (Å²) in [4.78, 5) is 17.2. The van der Waals surface area contributed by atoms with E-state index in [2.05, 4.69) is 20.9 Å². The van der Waals surface area contributed by atoms with Crippen LogP contribution in [0.15, 0.2) is 30.5 Å². The van der Waals surface area contributed by atoms with Gasteiger partial charge in [-0.2, -0.15) is 0 Å². The summed E-state index contributed by atoms with van der Waals surface area (Å²) in [5.41, 5.74) is 0.860. The van der Waals surface area contributed by atoms with E-state index in [1.165, 1.54) is 6.07 Å². The monoisotopic (exact) mass is 390 g/mol. The van der Waals surface area contributed by atoms with Crippen molar-refractivity contribution in [1.82, 2.24) is 15.2 Å². The lowest BCUT2D eigenvalue weighted by atomic mass is 10.0. The Hall–Kier alpha value is -3.10. The smallest absolute Gasteiger partial charge is 0.239 e. The molecule has 0 saturated carbocycles. The summed E-state index contributed by atoms with van der Waals surface area (Å²) in [6.45, 7) is 1.17.